The molecule has 0 aliphatic carbocycles. The molecular weight excluding hydrogens is 791 g/mol. The number of aryl methyl sites for hydroxylation is 1. The summed E-state index contributed by atoms with van der Waals surface area (Å²) >= 11 is 0. The standard InChI is InChI=1S/C48H77N5O9/c1-14-32(7)42(51(10)47(58)40(29(2)3)50-46(57)41(30(4)5)52(11)48(59)62-28-35-24-22-31(6)23-25-35)38(60-12)27-39(54)53-26-18-21-37(53)44(61-13)33(8)45(56)49-34(9)43(55)36-19-16-15-17-20-36/h15-17,19-20,22-25,29-30,32-34,37-38,40-44,46,50,55,57H,14,18,21,26-28H2,1-13H3,(H,49,56)/t32?,33?,34-,37-,38+,40?,41-,42?,43-,44?,46?/m1/s1. The number of aliphatic hydroxyl groups is 2. The van der Waals surface area contributed by atoms with Crippen molar-refractivity contribution < 1.29 is 43.6 Å². The molecule has 1 aliphatic rings. The number of likely N-dealkylation sites (N-methyl/N-ethyl adjacent to an activating group) is 2. The van der Waals surface area contributed by atoms with Crippen molar-refractivity contribution in [2.45, 2.75) is 149 Å². The number of amides is 4. The fourth-order valence-corrected chi connectivity index (χ4v) is 8.81. The van der Waals surface area contributed by atoms with Gasteiger partial charge in [0, 0.05) is 34.9 Å². The Bertz CT molecular complexity index is 1700. The fourth-order valence-electron chi connectivity index (χ4n) is 8.81. The fraction of sp³-hybridized carbons (Fsp3) is 0.667. The lowest BCUT2D eigenvalue weighted by atomic mass is 9.89. The zero-order valence-corrected chi connectivity index (χ0v) is 39.5. The van der Waals surface area contributed by atoms with Crippen molar-refractivity contribution in [3.8, 4) is 0 Å². The van der Waals surface area contributed by atoms with Gasteiger partial charge in [-0.15, -0.1) is 0 Å². The van der Waals surface area contributed by atoms with Crippen LogP contribution in [0.1, 0.15) is 104 Å². The highest BCUT2D eigenvalue weighted by atomic mass is 16.6. The van der Waals surface area contributed by atoms with Crippen LogP contribution in [-0.2, 0) is 35.2 Å². The average molecular weight is 868 g/mol. The summed E-state index contributed by atoms with van der Waals surface area (Å²) in [6.45, 7) is 17.7. The SMILES string of the molecule is CCC(C)C([C@H](CC(=O)N1CCC[C@@H]1C(OC)C(C)C(=O)N[C@H](C)[C@@H](O)c1ccccc1)OC)N(C)C(=O)C(NC(O)[C@@H](C(C)C)N(C)C(=O)OCc1ccc(C)cc1)C(C)C. The predicted octanol–water partition coefficient (Wildman–Crippen LogP) is 5.68. The molecular formula is C48H77N5O9. The van der Waals surface area contributed by atoms with Crippen LogP contribution in [0, 0.1) is 30.6 Å². The molecule has 0 radical (unpaired) electrons. The Morgan fingerprint density at radius 2 is 1.48 bits per heavy atom. The topological polar surface area (TPSA) is 170 Å². The molecule has 348 valence electrons. The first-order valence-electron chi connectivity index (χ1n) is 22.3. The number of ether oxygens (including phenoxy) is 3. The highest BCUT2D eigenvalue weighted by Crippen LogP contribution is 2.30. The highest BCUT2D eigenvalue weighted by molar-refractivity contribution is 5.83. The van der Waals surface area contributed by atoms with Crippen LogP contribution < -0.4 is 10.6 Å². The summed E-state index contributed by atoms with van der Waals surface area (Å²) in [7, 11) is 6.39. The number of hydrogen-bond donors (Lipinski definition) is 4. The monoisotopic (exact) mass is 868 g/mol. The van der Waals surface area contributed by atoms with E-state index < -0.39 is 60.7 Å². The normalized spacial score (nSPS) is 19.1. The third-order valence-corrected chi connectivity index (χ3v) is 12.8. The first kappa shape index (κ1) is 52.3. The second kappa shape index (κ2) is 24.7. The predicted molar refractivity (Wildman–Crippen MR) is 241 cm³/mol. The van der Waals surface area contributed by atoms with Crippen LogP contribution in [0.15, 0.2) is 54.6 Å². The number of nitrogens with zero attached hydrogens (tertiary/aromatic N) is 3. The van der Waals surface area contributed by atoms with Crippen molar-refractivity contribution >= 4 is 23.8 Å². The molecule has 6 unspecified atom stereocenters. The smallest absolute Gasteiger partial charge is 0.410 e. The summed E-state index contributed by atoms with van der Waals surface area (Å²) in [6.07, 6.45) is -1.97. The van der Waals surface area contributed by atoms with Gasteiger partial charge in [0.05, 0.1) is 60.9 Å². The number of likely N-dealkylation sites (tertiary alicyclic amines) is 1. The van der Waals surface area contributed by atoms with Gasteiger partial charge in [-0.25, -0.2) is 4.79 Å². The van der Waals surface area contributed by atoms with E-state index >= 15 is 0 Å². The summed E-state index contributed by atoms with van der Waals surface area (Å²) in [6, 6.07) is 13.8. The van der Waals surface area contributed by atoms with Crippen LogP contribution in [0.5, 0.6) is 0 Å². The third-order valence-electron chi connectivity index (χ3n) is 12.8. The third kappa shape index (κ3) is 13.7. The number of nitrogens with one attached hydrogen (secondary N) is 2. The van der Waals surface area contributed by atoms with Crippen molar-refractivity contribution in [2.24, 2.45) is 23.7 Å². The van der Waals surface area contributed by atoms with Gasteiger partial charge in [0.1, 0.15) is 12.8 Å². The van der Waals surface area contributed by atoms with E-state index in [1.807, 2.05) is 103 Å². The van der Waals surface area contributed by atoms with E-state index in [0.29, 0.717) is 24.9 Å². The minimum Gasteiger partial charge on any atom is -0.445 e. The van der Waals surface area contributed by atoms with Crippen LogP contribution in [0.4, 0.5) is 4.79 Å². The maximum Gasteiger partial charge on any atom is 0.410 e. The molecule has 11 atom stereocenters. The molecule has 2 aromatic rings. The lowest BCUT2D eigenvalue weighted by molar-refractivity contribution is -0.147. The van der Waals surface area contributed by atoms with Gasteiger partial charge in [-0.2, -0.15) is 0 Å². The van der Waals surface area contributed by atoms with E-state index in [0.717, 1.165) is 17.5 Å². The highest BCUT2D eigenvalue weighted by Gasteiger charge is 2.43. The Balaban J connectivity index is 1.75. The quantitative estimate of drug-likeness (QED) is 0.102. The van der Waals surface area contributed by atoms with Crippen LogP contribution in [0.2, 0.25) is 0 Å². The van der Waals surface area contributed by atoms with Gasteiger partial charge in [-0.05, 0) is 55.6 Å². The van der Waals surface area contributed by atoms with Crippen LogP contribution in [0.3, 0.4) is 0 Å². The molecule has 1 heterocycles. The van der Waals surface area contributed by atoms with Crippen LogP contribution >= 0.6 is 0 Å². The molecule has 0 spiro atoms. The van der Waals surface area contributed by atoms with Gasteiger partial charge in [0.15, 0.2) is 0 Å². The minimum atomic E-state index is -1.28. The number of rotatable bonds is 23. The van der Waals surface area contributed by atoms with Gasteiger partial charge < -0.3 is 44.4 Å². The van der Waals surface area contributed by atoms with E-state index in [1.54, 1.807) is 52.0 Å². The molecule has 3 rings (SSSR count). The number of carbonyl (C=O) groups is 4. The molecule has 14 nitrogen and oxygen atoms in total. The first-order valence-corrected chi connectivity index (χ1v) is 22.3. The van der Waals surface area contributed by atoms with E-state index in [1.165, 1.54) is 4.90 Å². The Kier molecular flexibility index (Phi) is 20.8. The summed E-state index contributed by atoms with van der Waals surface area (Å²) in [5.41, 5.74) is 2.64. The molecule has 4 amide bonds. The van der Waals surface area contributed by atoms with E-state index in [4.69, 9.17) is 14.2 Å². The lowest BCUT2D eigenvalue weighted by Crippen LogP contribution is -2.61. The van der Waals surface area contributed by atoms with Gasteiger partial charge in [-0.3, -0.25) is 19.7 Å². The molecule has 2 aromatic carbocycles. The molecule has 1 aliphatic heterocycles. The number of benzene rings is 2. The summed E-state index contributed by atoms with van der Waals surface area (Å²) in [5, 5.41) is 28.7. The van der Waals surface area contributed by atoms with E-state index in [9.17, 15) is 29.4 Å². The minimum absolute atomic E-state index is 0.00967. The van der Waals surface area contributed by atoms with Gasteiger partial charge in [-0.1, -0.05) is 115 Å². The second-order valence-corrected chi connectivity index (χ2v) is 18.0. The lowest BCUT2D eigenvalue weighted by Gasteiger charge is -2.42. The molecule has 0 saturated carbocycles. The molecule has 0 bridgehead atoms. The molecule has 1 fully saturated rings. The van der Waals surface area contributed by atoms with Gasteiger partial charge >= 0.3 is 6.09 Å². The van der Waals surface area contributed by atoms with Crippen molar-refractivity contribution in [2.75, 3.05) is 34.9 Å². The van der Waals surface area contributed by atoms with Crippen molar-refractivity contribution in [1.82, 2.24) is 25.3 Å². The maximum atomic E-state index is 14.6. The number of methoxy groups -OCH3 is 2. The molecule has 62 heavy (non-hydrogen) atoms. The Hall–Kier alpha value is -4.08. The maximum absolute atomic E-state index is 14.6. The number of aliphatic hydroxyl groups excluding tert-OH is 2. The summed E-state index contributed by atoms with van der Waals surface area (Å²) < 4.78 is 17.6. The molecule has 1 saturated heterocycles. The van der Waals surface area contributed by atoms with Crippen LogP contribution in [-0.4, -0.2) is 132 Å². The van der Waals surface area contributed by atoms with Gasteiger partial charge in [0.25, 0.3) is 0 Å². The Morgan fingerprint density at radius 3 is 2.03 bits per heavy atom. The van der Waals surface area contributed by atoms with E-state index in [2.05, 4.69) is 10.6 Å². The number of hydrogen-bond acceptors (Lipinski definition) is 10. The van der Waals surface area contributed by atoms with Crippen molar-refractivity contribution in [3.05, 3.63) is 71.3 Å². The molecule has 14 heteroatoms. The zero-order valence-electron chi connectivity index (χ0n) is 39.5. The molecule has 0 aromatic heterocycles. The zero-order chi connectivity index (χ0) is 46.4. The first-order chi connectivity index (χ1) is 29.3. The Labute approximate surface area is 371 Å². The number of carbonyl (C=O) groups excluding carboxylic acids is 4. The second-order valence-electron chi connectivity index (χ2n) is 18.0. The van der Waals surface area contributed by atoms with Crippen molar-refractivity contribution in [1.29, 1.82) is 0 Å². The average Bonchev–Trinajstić information content (AvgIpc) is 3.74. The van der Waals surface area contributed by atoms with Gasteiger partial charge in [0.2, 0.25) is 17.7 Å². The van der Waals surface area contributed by atoms with Crippen LogP contribution in [0.25, 0.3) is 0 Å². The summed E-state index contributed by atoms with van der Waals surface area (Å²) in [4.78, 5) is 60.5. The van der Waals surface area contributed by atoms with E-state index in [-0.39, 0.29) is 54.5 Å². The Morgan fingerprint density at radius 1 is 0.855 bits per heavy atom. The summed E-state index contributed by atoms with van der Waals surface area (Å²) in [5.74, 6) is -1.89. The largest absolute Gasteiger partial charge is 0.445 e. The van der Waals surface area contributed by atoms with Crippen molar-refractivity contribution in [3.63, 3.8) is 0 Å². The molecule has 4 N–H and O–H groups in total.